The summed E-state index contributed by atoms with van der Waals surface area (Å²) < 4.78 is 5.44. The van der Waals surface area contributed by atoms with Crippen molar-refractivity contribution in [2.45, 2.75) is 26.7 Å². The van der Waals surface area contributed by atoms with Crippen LogP contribution < -0.4 is 10.1 Å². The van der Waals surface area contributed by atoms with Crippen molar-refractivity contribution in [1.29, 1.82) is 0 Å². The summed E-state index contributed by atoms with van der Waals surface area (Å²) in [6.07, 6.45) is 0. The van der Waals surface area contributed by atoms with Crippen LogP contribution >= 0.6 is 11.6 Å². The van der Waals surface area contributed by atoms with Crippen LogP contribution in [-0.4, -0.2) is 20.2 Å². The van der Waals surface area contributed by atoms with Crippen molar-refractivity contribution in [2.24, 2.45) is 5.92 Å². The maximum absolute atomic E-state index is 6.21. The van der Waals surface area contributed by atoms with Gasteiger partial charge in [-0.25, -0.2) is 0 Å². The zero-order valence-electron chi connectivity index (χ0n) is 11.1. The van der Waals surface area contributed by atoms with E-state index in [9.17, 15) is 0 Å². The second-order valence-corrected chi connectivity index (χ2v) is 4.94. The van der Waals surface area contributed by atoms with Crippen LogP contribution in [0.2, 0.25) is 5.02 Å². The van der Waals surface area contributed by atoms with Gasteiger partial charge in [-0.1, -0.05) is 31.5 Å². The summed E-state index contributed by atoms with van der Waals surface area (Å²) in [6.45, 7) is 8.02. The highest BCUT2D eigenvalue weighted by molar-refractivity contribution is 6.32. The Kier molecular flexibility index (Phi) is 5.79. The molecule has 0 saturated carbocycles. The first-order valence-electron chi connectivity index (χ1n) is 6.17. The van der Waals surface area contributed by atoms with Crippen LogP contribution in [0.1, 0.15) is 32.3 Å². The van der Waals surface area contributed by atoms with Gasteiger partial charge in [0.2, 0.25) is 0 Å². The third kappa shape index (κ3) is 3.90. The summed E-state index contributed by atoms with van der Waals surface area (Å²) >= 11 is 6.21. The fourth-order valence-corrected chi connectivity index (χ4v) is 2.22. The molecule has 1 rings (SSSR count). The average Bonchev–Trinajstić information content (AvgIpc) is 2.28. The molecule has 0 saturated heterocycles. The van der Waals surface area contributed by atoms with Gasteiger partial charge in [-0.2, -0.15) is 0 Å². The van der Waals surface area contributed by atoms with Gasteiger partial charge in [0.1, 0.15) is 5.75 Å². The van der Waals surface area contributed by atoms with Crippen molar-refractivity contribution < 1.29 is 4.74 Å². The number of rotatable bonds is 6. The lowest BCUT2D eigenvalue weighted by Crippen LogP contribution is -2.21. The summed E-state index contributed by atoms with van der Waals surface area (Å²) in [5, 5.41) is 3.93. The summed E-state index contributed by atoms with van der Waals surface area (Å²) in [6, 6.07) is 6.10. The topological polar surface area (TPSA) is 21.3 Å². The van der Waals surface area contributed by atoms with Gasteiger partial charge in [0, 0.05) is 6.54 Å². The van der Waals surface area contributed by atoms with Crippen molar-refractivity contribution in [2.75, 3.05) is 20.2 Å². The monoisotopic (exact) mass is 255 g/mol. The third-order valence-electron chi connectivity index (χ3n) is 2.91. The predicted octanol–water partition coefficient (Wildman–Crippen LogP) is 3.70. The van der Waals surface area contributed by atoms with Crippen molar-refractivity contribution in [3.63, 3.8) is 0 Å². The molecule has 0 aliphatic rings. The molecule has 0 radical (unpaired) electrons. The largest absolute Gasteiger partial charge is 0.492 e. The van der Waals surface area contributed by atoms with E-state index in [1.807, 2.05) is 26.1 Å². The second-order valence-electron chi connectivity index (χ2n) is 4.53. The molecule has 0 bridgehead atoms. The molecule has 1 aromatic rings. The van der Waals surface area contributed by atoms with Crippen molar-refractivity contribution in [3.05, 3.63) is 28.8 Å². The Morgan fingerprint density at radius 2 is 2.06 bits per heavy atom. The maximum atomic E-state index is 6.21. The lowest BCUT2D eigenvalue weighted by molar-refractivity contribution is 0.340. The Bertz CT molecular complexity index is 352. The van der Waals surface area contributed by atoms with E-state index >= 15 is 0 Å². The molecule has 1 aromatic carbocycles. The first kappa shape index (κ1) is 14.3. The van der Waals surface area contributed by atoms with E-state index in [1.54, 1.807) is 0 Å². The molecular weight excluding hydrogens is 234 g/mol. The van der Waals surface area contributed by atoms with E-state index in [4.69, 9.17) is 16.3 Å². The smallest absolute Gasteiger partial charge is 0.137 e. The normalized spacial score (nSPS) is 12.8. The first-order chi connectivity index (χ1) is 8.10. The van der Waals surface area contributed by atoms with E-state index in [0.717, 1.165) is 12.3 Å². The molecule has 0 fully saturated rings. The summed E-state index contributed by atoms with van der Waals surface area (Å²) in [4.78, 5) is 0. The molecule has 0 heterocycles. The van der Waals surface area contributed by atoms with Gasteiger partial charge < -0.3 is 10.1 Å². The highest BCUT2D eigenvalue weighted by atomic mass is 35.5. The van der Waals surface area contributed by atoms with Gasteiger partial charge >= 0.3 is 0 Å². The minimum atomic E-state index is 0.480. The second kappa shape index (κ2) is 6.87. The van der Waals surface area contributed by atoms with Crippen LogP contribution in [0.15, 0.2) is 18.2 Å². The Labute approximate surface area is 109 Å². The van der Waals surface area contributed by atoms with Crippen LogP contribution in [0.25, 0.3) is 0 Å². The van der Waals surface area contributed by atoms with Gasteiger partial charge in [-0.3, -0.25) is 0 Å². The lowest BCUT2D eigenvalue weighted by atomic mass is 9.88. The Hall–Kier alpha value is -0.730. The minimum absolute atomic E-state index is 0.480. The average molecular weight is 256 g/mol. The molecule has 0 aliphatic carbocycles. The Morgan fingerprint density at radius 1 is 1.35 bits per heavy atom. The quantitative estimate of drug-likeness (QED) is 0.837. The van der Waals surface area contributed by atoms with Crippen LogP contribution in [0, 0.1) is 5.92 Å². The number of halogens is 1. The van der Waals surface area contributed by atoms with Crippen molar-refractivity contribution in [1.82, 2.24) is 5.32 Å². The van der Waals surface area contributed by atoms with E-state index in [-0.39, 0.29) is 0 Å². The predicted molar refractivity (Wildman–Crippen MR) is 74.1 cm³/mol. The fourth-order valence-electron chi connectivity index (χ4n) is 1.98. The van der Waals surface area contributed by atoms with Crippen molar-refractivity contribution in [3.8, 4) is 5.75 Å². The Balaban J connectivity index is 2.93. The molecule has 1 unspecified atom stereocenters. The number of benzene rings is 1. The SMILES string of the molecule is CCOc1ccc(C(CNC)C(C)C)cc1Cl. The molecule has 3 heteroatoms. The minimum Gasteiger partial charge on any atom is -0.492 e. The van der Waals surface area contributed by atoms with E-state index < -0.39 is 0 Å². The van der Waals surface area contributed by atoms with E-state index in [0.29, 0.717) is 23.5 Å². The zero-order valence-corrected chi connectivity index (χ0v) is 11.8. The maximum Gasteiger partial charge on any atom is 0.137 e. The highest BCUT2D eigenvalue weighted by Gasteiger charge is 2.16. The van der Waals surface area contributed by atoms with Crippen LogP contribution in [0.3, 0.4) is 0 Å². The standard InChI is InChI=1S/C14H22ClNO/c1-5-17-14-7-6-11(8-13(14)15)12(9-16-4)10(2)3/h6-8,10,12,16H,5,9H2,1-4H3. The molecule has 0 amide bonds. The van der Waals surface area contributed by atoms with Crippen LogP contribution in [0.5, 0.6) is 5.75 Å². The Morgan fingerprint density at radius 3 is 2.53 bits per heavy atom. The van der Waals surface area contributed by atoms with Gasteiger partial charge in [-0.15, -0.1) is 0 Å². The third-order valence-corrected chi connectivity index (χ3v) is 3.21. The number of ether oxygens (including phenoxy) is 1. The van der Waals surface area contributed by atoms with Gasteiger partial charge in [0.05, 0.1) is 11.6 Å². The number of likely N-dealkylation sites (N-methyl/N-ethyl adjacent to an activating group) is 1. The van der Waals surface area contributed by atoms with Crippen LogP contribution in [-0.2, 0) is 0 Å². The fraction of sp³-hybridized carbons (Fsp3) is 0.571. The van der Waals surface area contributed by atoms with Gasteiger partial charge in [0.25, 0.3) is 0 Å². The zero-order chi connectivity index (χ0) is 12.8. The number of nitrogens with one attached hydrogen (secondary N) is 1. The molecule has 17 heavy (non-hydrogen) atoms. The van der Waals surface area contributed by atoms with Gasteiger partial charge in [0.15, 0.2) is 0 Å². The molecule has 2 nitrogen and oxygen atoms in total. The van der Waals surface area contributed by atoms with Crippen LogP contribution in [0.4, 0.5) is 0 Å². The molecule has 1 atom stereocenters. The molecule has 0 aromatic heterocycles. The van der Waals surface area contributed by atoms with Crippen molar-refractivity contribution >= 4 is 11.6 Å². The van der Waals surface area contributed by atoms with Gasteiger partial charge in [-0.05, 0) is 43.5 Å². The lowest BCUT2D eigenvalue weighted by Gasteiger charge is -2.21. The molecular formula is C14H22ClNO. The first-order valence-corrected chi connectivity index (χ1v) is 6.54. The van der Waals surface area contributed by atoms with E-state index in [1.165, 1.54) is 5.56 Å². The molecule has 96 valence electrons. The number of hydrogen-bond acceptors (Lipinski definition) is 2. The number of hydrogen-bond donors (Lipinski definition) is 1. The molecule has 0 spiro atoms. The molecule has 0 aliphatic heterocycles. The highest BCUT2D eigenvalue weighted by Crippen LogP contribution is 2.31. The molecule has 1 N–H and O–H groups in total. The van der Waals surface area contributed by atoms with E-state index in [2.05, 4.69) is 25.2 Å². The summed E-state index contributed by atoms with van der Waals surface area (Å²) in [7, 11) is 1.98. The summed E-state index contributed by atoms with van der Waals surface area (Å²) in [5.74, 6) is 1.83. The summed E-state index contributed by atoms with van der Waals surface area (Å²) in [5.41, 5.74) is 1.27.